The average molecular weight is 729 g/mol. The number of hydrogen-bond donors (Lipinski definition) is 1. The molecule has 6 unspecified atom stereocenters. The van der Waals surface area contributed by atoms with Gasteiger partial charge in [0, 0.05) is 32.0 Å². The summed E-state index contributed by atoms with van der Waals surface area (Å²) in [6.07, 6.45) is 9.46. The fraction of sp³-hybridized carbons (Fsp3) is 0.775. The van der Waals surface area contributed by atoms with E-state index in [1.807, 2.05) is 52.3 Å². The summed E-state index contributed by atoms with van der Waals surface area (Å²) < 4.78 is 7.07. The molecule has 52 heavy (non-hydrogen) atoms. The van der Waals surface area contributed by atoms with E-state index < -0.39 is 63.7 Å². The highest BCUT2D eigenvalue weighted by molar-refractivity contribution is 6.06. The van der Waals surface area contributed by atoms with Crippen LogP contribution in [-0.4, -0.2) is 79.7 Å². The van der Waals surface area contributed by atoms with Crippen molar-refractivity contribution in [2.75, 3.05) is 19.7 Å². The highest BCUT2D eigenvalue weighted by atomic mass is 16.5. The molecule has 1 aromatic rings. The number of carbonyl (C=O) groups is 6. The van der Waals surface area contributed by atoms with Crippen LogP contribution in [0.25, 0.3) is 0 Å². The molecule has 1 N–H and O–H groups in total. The minimum Gasteiger partial charge on any atom is -0.481 e. The summed E-state index contributed by atoms with van der Waals surface area (Å²) in [6, 6.07) is 0. The molecule has 0 bridgehead atoms. The Bertz CT molecular complexity index is 1430. The predicted molar refractivity (Wildman–Crippen MR) is 196 cm³/mol. The number of amides is 4. The van der Waals surface area contributed by atoms with Crippen LogP contribution in [-0.2, 0) is 40.0 Å². The van der Waals surface area contributed by atoms with Crippen LogP contribution in [0.15, 0.2) is 18.7 Å². The number of carbonyl (C=O) groups excluding carboxylic acids is 5. The Labute approximate surface area is 310 Å². The number of aromatic nitrogens is 2. The maximum absolute atomic E-state index is 14.2. The molecular formula is C40H64N4O8. The van der Waals surface area contributed by atoms with Crippen molar-refractivity contribution in [2.24, 2.45) is 51.8 Å². The zero-order valence-electron chi connectivity index (χ0n) is 33.3. The van der Waals surface area contributed by atoms with Crippen molar-refractivity contribution in [3.8, 4) is 0 Å². The van der Waals surface area contributed by atoms with Gasteiger partial charge in [-0.25, -0.2) is 4.98 Å². The van der Waals surface area contributed by atoms with E-state index in [9.17, 15) is 33.9 Å². The highest BCUT2D eigenvalue weighted by Gasteiger charge is 2.56. The van der Waals surface area contributed by atoms with Gasteiger partial charge in [-0.05, 0) is 61.7 Å². The number of hydrogen-bond acceptors (Lipinski definition) is 8. The van der Waals surface area contributed by atoms with Gasteiger partial charge in [-0.15, -0.1) is 0 Å². The Balaban J connectivity index is 1.88. The first-order valence-electron chi connectivity index (χ1n) is 19.3. The molecule has 292 valence electrons. The lowest BCUT2D eigenvalue weighted by molar-refractivity contribution is -0.161. The number of nitrogens with zero attached hydrogens (tertiary/aromatic N) is 4. The van der Waals surface area contributed by atoms with Gasteiger partial charge < -0.3 is 14.4 Å². The third-order valence-corrected chi connectivity index (χ3v) is 12.2. The summed E-state index contributed by atoms with van der Waals surface area (Å²) in [5, 5.41) is 10.2. The number of esters is 1. The number of rotatable bonds is 21. The first-order chi connectivity index (χ1) is 24.3. The van der Waals surface area contributed by atoms with E-state index in [1.165, 1.54) is 9.80 Å². The normalized spacial score (nSPS) is 22.7. The van der Waals surface area contributed by atoms with E-state index in [1.54, 1.807) is 40.2 Å². The summed E-state index contributed by atoms with van der Waals surface area (Å²) in [6.45, 7) is 20.3. The largest absolute Gasteiger partial charge is 0.481 e. The lowest BCUT2D eigenvalue weighted by atomic mass is 9.64. The molecule has 6 atom stereocenters. The molecule has 2 aliphatic heterocycles. The number of carboxylic acids is 1. The number of aliphatic carboxylic acids is 1. The standard InChI is InChI=1S/C40H64N4O8/c1-11-14-22-43-33(46)28(16-18-39(7,8)29(36(49)50)26(4)37(51)52-13-3)31(35(43)48)40(9,10)19-17-27-30(38(5,6)12-2)34(47)44(32(27)45)23-15-21-42-24-20-41-25-42/h20,24-31H,11-19,21-23H2,1-10H3,(H,49,50). The molecule has 2 aliphatic rings. The number of likely N-dealkylation sites (tertiary alicyclic amines) is 2. The molecule has 12 heteroatoms. The maximum atomic E-state index is 14.2. The Morgan fingerprint density at radius 3 is 1.83 bits per heavy atom. The quantitative estimate of drug-likeness (QED) is 0.115. The van der Waals surface area contributed by atoms with Gasteiger partial charge in [-0.2, -0.15) is 0 Å². The number of carboxylic acid groups (broad SMARTS) is 1. The molecule has 2 fully saturated rings. The minimum absolute atomic E-state index is 0.139. The van der Waals surface area contributed by atoms with Gasteiger partial charge in [0.2, 0.25) is 23.6 Å². The molecule has 0 saturated carbocycles. The van der Waals surface area contributed by atoms with Gasteiger partial charge >= 0.3 is 11.9 Å². The third kappa shape index (κ3) is 9.31. The second-order valence-corrected chi connectivity index (χ2v) is 17.1. The van der Waals surface area contributed by atoms with Gasteiger partial charge in [0.05, 0.1) is 48.4 Å². The summed E-state index contributed by atoms with van der Waals surface area (Å²) in [4.78, 5) is 88.2. The highest BCUT2D eigenvalue weighted by Crippen LogP contribution is 2.50. The summed E-state index contributed by atoms with van der Waals surface area (Å²) >= 11 is 0. The summed E-state index contributed by atoms with van der Waals surface area (Å²) in [5.74, 6) is -6.88. The van der Waals surface area contributed by atoms with E-state index in [0.717, 1.165) is 6.42 Å². The van der Waals surface area contributed by atoms with Gasteiger partial charge in [0.25, 0.3) is 0 Å². The van der Waals surface area contributed by atoms with Crippen LogP contribution in [0.5, 0.6) is 0 Å². The molecule has 12 nitrogen and oxygen atoms in total. The number of unbranched alkanes of at least 4 members (excludes halogenated alkanes) is 1. The molecule has 1 aromatic heterocycles. The Morgan fingerprint density at radius 2 is 1.35 bits per heavy atom. The zero-order chi connectivity index (χ0) is 39.2. The monoisotopic (exact) mass is 728 g/mol. The average Bonchev–Trinajstić information content (AvgIpc) is 3.74. The smallest absolute Gasteiger partial charge is 0.309 e. The van der Waals surface area contributed by atoms with E-state index in [-0.39, 0.29) is 36.7 Å². The molecule has 0 spiro atoms. The Kier molecular flexibility index (Phi) is 14.4. The fourth-order valence-corrected chi connectivity index (χ4v) is 8.73. The Hall–Kier alpha value is -3.57. The number of imide groups is 2. The van der Waals surface area contributed by atoms with Crippen molar-refractivity contribution < 1.29 is 38.6 Å². The Morgan fingerprint density at radius 1 is 0.808 bits per heavy atom. The van der Waals surface area contributed by atoms with Crippen molar-refractivity contribution in [2.45, 2.75) is 127 Å². The lowest BCUT2D eigenvalue weighted by Gasteiger charge is -2.38. The molecular weight excluding hydrogens is 664 g/mol. The third-order valence-electron chi connectivity index (χ3n) is 12.2. The van der Waals surface area contributed by atoms with Gasteiger partial charge in [-0.3, -0.25) is 38.6 Å². The SMILES string of the molecule is CCCCN1C(=O)C(CCC(C)(C)C(C(=O)O)C(C)C(=O)OCC)C(C(C)(C)CCC2C(=O)N(CCCn3ccnc3)C(=O)C2C(C)(C)CC)C1=O. The molecule has 3 rings (SSSR count). The van der Waals surface area contributed by atoms with Crippen LogP contribution < -0.4 is 0 Å². The minimum atomic E-state index is -1.11. The van der Waals surface area contributed by atoms with E-state index in [2.05, 4.69) is 4.98 Å². The molecule has 0 aromatic carbocycles. The van der Waals surface area contributed by atoms with E-state index >= 15 is 0 Å². The van der Waals surface area contributed by atoms with E-state index in [4.69, 9.17) is 4.74 Å². The van der Waals surface area contributed by atoms with Crippen LogP contribution >= 0.6 is 0 Å². The lowest BCUT2D eigenvalue weighted by Crippen LogP contribution is -2.41. The molecule has 0 aliphatic carbocycles. The first kappa shape index (κ1) is 42.8. The predicted octanol–water partition coefficient (Wildman–Crippen LogP) is 6.22. The number of imidazole rings is 1. The second kappa shape index (κ2) is 17.5. The number of aryl methyl sites for hydroxylation is 1. The second-order valence-electron chi connectivity index (χ2n) is 17.1. The fourth-order valence-electron chi connectivity index (χ4n) is 8.73. The molecule has 3 heterocycles. The van der Waals surface area contributed by atoms with Crippen LogP contribution in [0.1, 0.15) is 121 Å². The molecule has 4 amide bonds. The van der Waals surface area contributed by atoms with Crippen molar-refractivity contribution in [1.29, 1.82) is 0 Å². The van der Waals surface area contributed by atoms with Crippen LogP contribution in [0.4, 0.5) is 0 Å². The first-order valence-corrected chi connectivity index (χ1v) is 19.3. The molecule has 2 saturated heterocycles. The van der Waals surface area contributed by atoms with Gasteiger partial charge in [0.15, 0.2) is 0 Å². The van der Waals surface area contributed by atoms with Crippen molar-refractivity contribution in [3.63, 3.8) is 0 Å². The topological polar surface area (TPSA) is 156 Å². The van der Waals surface area contributed by atoms with Crippen LogP contribution in [0.3, 0.4) is 0 Å². The van der Waals surface area contributed by atoms with Crippen LogP contribution in [0.2, 0.25) is 0 Å². The van der Waals surface area contributed by atoms with Crippen LogP contribution in [0, 0.1) is 51.8 Å². The van der Waals surface area contributed by atoms with Crippen molar-refractivity contribution in [3.05, 3.63) is 18.7 Å². The van der Waals surface area contributed by atoms with Gasteiger partial charge in [0.1, 0.15) is 0 Å². The maximum Gasteiger partial charge on any atom is 0.309 e. The van der Waals surface area contributed by atoms with Crippen molar-refractivity contribution >= 4 is 35.6 Å². The number of ether oxygens (including phenoxy) is 1. The van der Waals surface area contributed by atoms with Crippen molar-refractivity contribution in [1.82, 2.24) is 19.4 Å². The zero-order valence-corrected chi connectivity index (χ0v) is 33.3. The van der Waals surface area contributed by atoms with E-state index in [0.29, 0.717) is 58.2 Å². The summed E-state index contributed by atoms with van der Waals surface area (Å²) in [5.41, 5.74) is -2.04. The van der Waals surface area contributed by atoms with Gasteiger partial charge in [-0.1, -0.05) is 75.2 Å². The molecule has 0 radical (unpaired) electrons. The summed E-state index contributed by atoms with van der Waals surface area (Å²) in [7, 11) is 0.